The first kappa shape index (κ1) is 25.0. The van der Waals surface area contributed by atoms with Crippen LogP contribution >= 0.6 is 11.3 Å². The van der Waals surface area contributed by atoms with Gasteiger partial charge in [0, 0.05) is 11.8 Å². The number of benzene rings is 1. The molecule has 2 unspecified atom stereocenters. The highest BCUT2D eigenvalue weighted by Crippen LogP contribution is 2.40. The van der Waals surface area contributed by atoms with Crippen LogP contribution in [0.2, 0.25) is 0 Å². The summed E-state index contributed by atoms with van der Waals surface area (Å²) < 4.78 is 10.6. The van der Waals surface area contributed by atoms with Crippen molar-refractivity contribution in [2.75, 3.05) is 18.1 Å². The van der Waals surface area contributed by atoms with E-state index in [0.717, 1.165) is 36.2 Å². The Balaban J connectivity index is 1.47. The van der Waals surface area contributed by atoms with Crippen LogP contribution in [0.4, 0.5) is 5.13 Å². The van der Waals surface area contributed by atoms with E-state index in [1.165, 1.54) is 4.90 Å². The average Bonchev–Trinajstić information content (AvgIpc) is 3.22. The van der Waals surface area contributed by atoms with Crippen molar-refractivity contribution in [3.63, 3.8) is 0 Å². The van der Waals surface area contributed by atoms with Crippen LogP contribution in [0.15, 0.2) is 30.3 Å². The number of aryl methyl sites for hydroxylation is 1. The van der Waals surface area contributed by atoms with E-state index in [1.807, 2.05) is 30.3 Å². The molecule has 0 aliphatic heterocycles. The Morgan fingerprint density at radius 3 is 2.43 bits per heavy atom. The second-order valence-corrected chi connectivity index (χ2v) is 10.1. The number of Topliss-reactive ketones (excluding diaryl/α,β-unsaturated/α-hetero) is 1. The van der Waals surface area contributed by atoms with Gasteiger partial charge in [0.2, 0.25) is 0 Å². The highest BCUT2D eigenvalue weighted by molar-refractivity contribution is 7.17. The second kappa shape index (κ2) is 11.1. The van der Waals surface area contributed by atoms with Crippen LogP contribution in [-0.4, -0.2) is 41.8 Å². The van der Waals surface area contributed by atoms with Gasteiger partial charge in [-0.1, -0.05) is 48.1 Å². The molecule has 35 heavy (non-hydrogen) atoms. The lowest BCUT2D eigenvalue weighted by molar-refractivity contribution is -0.156. The topological polar surface area (TPSA) is 103 Å². The minimum absolute atomic E-state index is 0.0649. The molecule has 0 spiro atoms. The molecule has 1 heterocycles. The number of fused-ring (bicyclic) bond motifs is 2. The maximum atomic E-state index is 13.2. The number of anilines is 1. The zero-order valence-electron chi connectivity index (χ0n) is 20.0. The molecule has 0 radical (unpaired) electrons. The van der Waals surface area contributed by atoms with Gasteiger partial charge in [-0.25, -0.2) is 9.78 Å². The maximum absolute atomic E-state index is 13.2. The van der Waals surface area contributed by atoms with Gasteiger partial charge < -0.3 is 9.47 Å². The third-order valence-corrected chi connectivity index (χ3v) is 7.84. The van der Waals surface area contributed by atoms with E-state index < -0.39 is 24.5 Å². The fourth-order valence-corrected chi connectivity index (χ4v) is 5.89. The molecule has 2 aromatic rings. The lowest BCUT2D eigenvalue weighted by Crippen LogP contribution is -2.40. The van der Waals surface area contributed by atoms with Crippen LogP contribution in [0, 0.1) is 24.7 Å². The van der Waals surface area contributed by atoms with Crippen LogP contribution in [0.1, 0.15) is 60.0 Å². The van der Waals surface area contributed by atoms with Crippen LogP contribution in [0.3, 0.4) is 0 Å². The van der Waals surface area contributed by atoms with Crippen molar-refractivity contribution in [2.24, 2.45) is 17.8 Å². The molecule has 4 rings (SSSR count). The second-order valence-electron chi connectivity index (χ2n) is 9.10. The molecule has 186 valence electrons. The number of hydrogen-bond acceptors (Lipinski definition) is 8. The van der Waals surface area contributed by atoms with E-state index in [4.69, 9.17) is 9.47 Å². The molecule has 1 aromatic heterocycles. The number of carbonyl (C=O) groups excluding carboxylic acids is 4. The van der Waals surface area contributed by atoms with Gasteiger partial charge in [0.25, 0.3) is 5.91 Å². The SMILES string of the molecule is CCOC(=O)c1sc(N(Cc2ccccc2)C(=O)COC(=O)C2CC3CCCC(C2)C3=O)nc1C. The largest absolute Gasteiger partial charge is 0.462 e. The third kappa shape index (κ3) is 5.78. The monoisotopic (exact) mass is 498 g/mol. The summed E-state index contributed by atoms with van der Waals surface area (Å²) in [5.74, 6) is -1.54. The normalized spacial score (nSPS) is 21.3. The number of esters is 2. The zero-order chi connectivity index (χ0) is 24.9. The highest BCUT2D eigenvalue weighted by atomic mass is 32.1. The Kier molecular flexibility index (Phi) is 7.95. The smallest absolute Gasteiger partial charge is 0.350 e. The van der Waals surface area contributed by atoms with E-state index in [1.54, 1.807) is 13.8 Å². The van der Waals surface area contributed by atoms with E-state index in [0.29, 0.717) is 28.5 Å². The molecule has 2 fully saturated rings. The van der Waals surface area contributed by atoms with Crippen LogP contribution in [0.5, 0.6) is 0 Å². The quantitative estimate of drug-likeness (QED) is 0.505. The predicted octanol–water partition coefficient (Wildman–Crippen LogP) is 4.10. The summed E-state index contributed by atoms with van der Waals surface area (Å²) in [5, 5.41) is 0.341. The minimum Gasteiger partial charge on any atom is -0.462 e. The first-order valence-corrected chi connectivity index (χ1v) is 12.9. The number of ether oxygens (including phenoxy) is 2. The summed E-state index contributed by atoms with van der Waals surface area (Å²) in [5.41, 5.74) is 1.35. The van der Waals surface area contributed by atoms with Gasteiger partial charge in [-0.3, -0.25) is 19.3 Å². The van der Waals surface area contributed by atoms with Gasteiger partial charge in [-0.2, -0.15) is 0 Å². The first-order chi connectivity index (χ1) is 16.9. The molecule has 2 aliphatic rings. The zero-order valence-corrected chi connectivity index (χ0v) is 20.8. The van der Waals surface area contributed by atoms with Crippen LogP contribution in [0.25, 0.3) is 0 Å². The fourth-order valence-electron chi connectivity index (χ4n) is 4.91. The number of amides is 1. The summed E-state index contributed by atoms with van der Waals surface area (Å²) >= 11 is 1.08. The van der Waals surface area contributed by atoms with Crippen molar-refractivity contribution in [3.8, 4) is 0 Å². The molecular weight excluding hydrogens is 468 g/mol. The Morgan fingerprint density at radius 2 is 1.77 bits per heavy atom. The fraction of sp³-hybridized carbons (Fsp3) is 0.500. The Hall–Kier alpha value is -3.07. The molecule has 9 heteroatoms. The minimum atomic E-state index is -0.482. The van der Waals surface area contributed by atoms with Crippen molar-refractivity contribution in [1.82, 2.24) is 4.98 Å². The number of rotatable bonds is 8. The van der Waals surface area contributed by atoms with Gasteiger partial charge in [-0.15, -0.1) is 0 Å². The van der Waals surface area contributed by atoms with Crippen LogP contribution in [-0.2, 0) is 30.4 Å². The first-order valence-electron chi connectivity index (χ1n) is 12.1. The van der Waals surface area contributed by atoms with Gasteiger partial charge >= 0.3 is 11.9 Å². The molecule has 2 bridgehead atoms. The number of hydrogen-bond donors (Lipinski definition) is 0. The molecular formula is C26H30N2O6S. The van der Waals surface area contributed by atoms with Crippen molar-refractivity contribution in [2.45, 2.75) is 52.5 Å². The molecule has 0 N–H and O–H groups in total. The predicted molar refractivity (Wildman–Crippen MR) is 130 cm³/mol. The van der Waals surface area contributed by atoms with Crippen molar-refractivity contribution in [3.05, 3.63) is 46.5 Å². The Labute approximate surface area is 208 Å². The number of nitrogens with zero attached hydrogens (tertiary/aromatic N) is 2. The Bertz CT molecular complexity index is 1080. The van der Waals surface area contributed by atoms with Gasteiger partial charge in [0.05, 0.1) is 24.8 Å². The molecule has 0 saturated heterocycles. The standard InChI is InChI=1S/C26H30N2O6S/c1-3-33-25(32)23-16(2)27-26(35-23)28(14-17-8-5-4-6-9-17)21(29)15-34-24(31)20-12-18-10-7-11-19(13-20)22(18)30/h4-6,8-9,18-20H,3,7,10-15H2,1-2H3. The summed E-state index contributed by atoms with van der Waals surface area (Å²) in [6.07, 6.45) is 3.69. The molecule has 8 nitrogen and oxygen atoms in total. The van der Waals surface area contributed by atoms with Crippen LogP contribution < -0.4 is 4.90 Å². The highest BCUT2D eigenvalue weighted by Gasteiger charge is 2.42. The summed E-state index contributed by atoms with van der Waals surface area (Å²) in [7, 11) is 0. The summed E-state index contributed by atoms with van der Waals surface area (Å²) in [6, 6.07) is 9.40. The molecule has 1 amide bonds. The average molecular weight is 499 g/mol. The third-order valence-electron chi connectivity index (χ3n) is 6.68. The van der Waals surface area contributed by atoms with Crippen molar-refractivity contribution >= 4 is 40.1 Å². The number of aromatic nitrogens is 1. The number of ketones is 1. The number of carbonyl (C=O) groups is 4. The van der Waals surface area contributed by atoms with Gasteiger partial charge in [-0.05, 0) is 45.1 Å². The summed E-state index contributed by atoms with van der Waals surface area (Å²) in [6.45, 7) is 3.44. The molecule has 1 aromatic carbocycles. The van der Waals surface area contributed by atoms with E-state index >= 15 is 0 Å². The lowest BCUT2D eigenvalue weighted by atomic mass is 9.67. The van der Waals surface area contributed by atoms with Gasteiger partial charge in [0.15, 0.2) is 11.7 Å². The molecule has 2 saturated carbocycles. The van der Waals surface area contributed by atoms with Crippen molar-refractivity contribution < 1.29 is 28.7 Å². The van der Waals surface area contributed by atoms with E-state index in [-0.39, 0.29) is 36.7 Å². The van der Waals surface area contributed by atoms with E-state index in [2.05, 4.69) is 4.98 Å². The lowest BCUT2D eigenvalue weighted by Gasteiger charge is -2.36. The summed E-state index contributed by atoms with van der Waals surface area (Å²) in [4.78, 5) is 56.9. The van der Waals surface area contributed by atoms with Gasteiger partial charge in [0.1, 0.15) is 10.7 Å². The molecule has 2 atom stereocenters. The maximum Gasteiger partial charge on any atom is 0.350 e. The Morgan fingerprint density at radius 1 is 1.09 bits per heavy atom. The molecule has 2 aliphatic carbocycles. The number of thiazole rings is 1. The van der Waals surface area contributed by atoms with E-state index in [9.17, 15) is 19.2 Å². The van der Waals surface area contributed by atoms with Crippen molar-refractivity contribution in [1.29, 1.82) is 0 Å².